The molecule has 0 spiro atoms. The fraction of sp³-hybridized carbons (Fsp3) is 0.0800. The maximum atomic E-state index is 13.1. The van der Waals surface area contributed by atoms with Gasteiger partial charge in [0.05, 0.1) is 34.4 Å². The van der Waals surface area contributed by atoms with E-state index in [0.29, 0.717) is 17.9 Å². The van der Waals surface area contributed by atoms with Gasteiger partial charge in [-0.3, -0.25) is 14.5 Å². The SMILES string of the molecule is CS(=O)(=O)c1ccc(Cn2nc(C(=O)Nc3cnc4ccccc4c3)c3ccccc32)cc1. The lowest BCUT2D eigenvalue weighted by atomic mass is 10.2. The number of aromatic nitrogens is 3. The number of hydrogen-bond donors (Lipinski definition) is 1. The molecule has 1 amide bonds. The average molecular weight is 457 g/mol. The quantitative estimate of drug-likeness (QED) is 0.426. The number of nitrogens with one attached hydrogen (secondary N) is 1. The second kappa shape index (κ2) is 8.14. The topological polar surface area (TPSA) is 94.0 Å². The maximum absolute atomic E-state index is 13.1. The van der Waals surface area contributed by atoms with Crippen LogP contribution < -0.4 is 5.32 Å². The second-order valence-corrected chi connectivity index (χ2v) is 9.83. The number of amides is 1. The van der Waals surface area contributed by atoms with Crippen molar-refractivity contribution in [2.24, 2.45) is 0 Å². The molecule has 0 saturated heterocycles. The van der Waals surface area contributed by atoms with Crippen LogP contribution in [-0.4, -0.2) is 35.3 Å². The van der Waals surface area contributed by atoms with Crippen LogP contribution in [0, 0.1) is 0 Å². The third-order valence-electron chi connectivity index (χ3n) is 5.41. The number of sulfone groups is 1. The molecule has 0 aliphatic rings. The lowest BCUT2D eigenvalue weighted by Crippen LogP contribution is -2.14. The Balaban J connectivity index is 1.45. The summed E-state index contributed by atoms with van der Waals surface area (Å²) in [7, 11) is -3.26. The molecule has 2 heterocycles. The van der Waals surface area contributed by atoms with Gasteiger partial charge in [-0.05, 0) is 35.9 Å². The van der Waals surface area contributed by atoms with E-state index in [1.807, 2.05) is 54.6 Å². The third kappa shape index (κ3) is 4.20. The Morgan fingerprint density at radius 2 is 1.70 bits per heavy atom. The summed E-state index contributed by atoms with van der Waals surface area (Å²) in [5.74, 6) is -0.325. The van der Waals surface area contributed by atoms with Crippen molar-refractivity contribution in [1.29, 1.82) is 0 Å². The van der Waals surface area contributed by atoms with Gasteiger partial charge in [0.15, 0.2) is 15.5 Å². The van der Waals surface area contributed by atoms with E-state index in [1.54, 1.807) is 35.1 Å². The van der Waals surface area contributed by atoms with Crippen molar-refractivity contribution < 1.29 is 13.2 Å². The highest BCUT2D eigenvalue weighted by Crippen LogP contribution is 2.22. The van der Waals surface area contributed by atoms with Crippen molar-refractivity contribution in [1.82, 2.24) is 14.8 Å². The Bertz CT molecular complexity index is 1610. The zero-order valence-electron chi connectivity index (χ0n) is 17.8. The lowest BCUT2D eigenvalue weighted by molar-refractivity contribution is 0.102. The summed E-state index contributed by atoms with van der Waals surface area (Å²) in [5.41, 5.74) is 3.44. The molecule has 0 aliphatic carbocycles. The van der Waals surface area contributed by atoms with Crippen LogP contribution in [0.1, 0.15) is 16.1 Å². The van der Waals surface area contributed by atoms with Crippen molar-refractivity contribution in [3.05, 3.63) is 96.3 Å². The molecule has 0 atom stereocenters. The summed E-state index contributed by atoms with van der Waals surface area (Å²) < 4.78 is 25.2. The fourth-order valence-electron chi connectivity index (χ4n) is 3.76. The summed E-state index contributed by atoms with van der Waals surface area (Å²) in [6, 6.07) is 23.8. The number of para-hydroxylation sites is 2. The van der Waals surface area contributed by atoms with Crippen LogP contribution in [0.5, 0.6) is 0 Å². The van der Waals surface area contributed by atoms with E-state index in [9.17, 15) is 13.2 Å². The number of carbonyl (C=O) groups is 1. The van der Waals surface area contributed by atoms with E-state index in [-0.39, 0.29) is 10.8 Å². The van der Waals surface area contributed by atoms with Crippen molar-refractivity contribution in [3.63, 3.8) is 0 Å². The fourth-order valence-corrected chi connectivity index (χ4v) is 4.39. The molecule has 0 saturated carbocycles. The molecule has 3 aromatic carbocycles. The maximum Gasteiger partial charge on any atom is 0.276 e. The third-order valence-corrected chi connectivity index (χ3v) is 6.53. The van der Waals surface area contributed by atoms with Crippen molar-refractivity contribution >= 4 is 43.2 Å². The molecule has 5 rings (SSSR count). The number of benzene rings is 3. The van der Waals surface area contributed by atoms with Crippen molar-refractivity contribution in [2.75, 3.05) is 11.6 Å². The van der Waals surface area contributed by atoms with Gasteiger partial charge in [0.2, 0.25) is 0 Å². The largest absolute Gasteiger partial charge is 0.319 e. The van der Waals surface area contributed by atoms with Gasteiger partial charge in [0, 0.05) is 17.0 Å². The Morgan fingerprint density at radius 1 is 0.970 bits per heavy atom. The lowest BCUT2D eigenvalue weighted by Gasteiger charge is -2.06. The Labute approximate surface area is 190 Å². The summed E-state index contributed by atoms with van der Waals surface area (Å²) >= 11 is 0. The summed E-state index contributed by atoms with van der Waals surface area (Å²) in [4.78, 5) is 17.8. The zero-order chi connectivity index (χ0) is 23.0. The van der Waals surface area contributed by atoms with Crippen LogP contribution in [0.25, 0.3) is 21.8 Å². The normalized spacial score (nSPS) is 11.7. The van der Waals surface area contributed by atoms with E-state index < -0.39 is 9.84 Å². The van der Waals surface area contributed by atoms with E-state index in [2.05, 4.69) is 15.4 Å². The molecule has 8 heteroatoms. The van der Waals surface area contributed by atoms with Crippen LogP contribution in [0.3, 0.4) is 0 Å². The number of rotatable bonds is 5. The minimum atomic E-state index is -3.26. The molecule has 0 bridgehead atoms. The number of hydrogen-bond acceptors (Lipinski definition) is 5. The van der Waals surface area contributed by atoms with Gasteiger partial charge in [0.1, 0.15) is 0 Å². The first-order valence-electron chi connectivity index (χ1n) is 10.3. The molecular weight excluding hydrogens is 436 g/mol. The molecule has 7 nitrogen and oxygen atoms in total. The Hall–Kier alpha value is -4.04. The first-order valence-corrected chi connectivity index (χ1v) is 12.2. The number of nitrogens with zero attached hydrogens (tertiary/aromatic N) is 3. The second-order valence-electron chi connectivity index (χ2n) is 7.81. The van der Waals surface area contributed by atoms with E-state index in [4.69, 9.17) is 0 Å². The molecular formula is C25H20N4O3S. The number of pyridine rings is 1. The highest BCUT2D eigenvalue weighted by molar-refractivity contribution is 7.90. The highest BCUT2D eigenvalue weighted by Gasteiger charge is 2.18. The molecule has 0 fully saturated rings. The van der Waals surface area contributed by atoms with Crippen LogP contribution in [0.4, 0.5) is 5.69 Å². The van der Waals surface area contributed by atoms with Crippen LogP contribution >= 0.6 is 0 Å². The smallest absolute Gasteiger partial charge is 0.276 e. The number of carbonyl (C=O) groups excluding carboxylic acids is 1. The molecule has 164 valence electrons. The first-order chi connectivity index (χ1) is 15.9. The zero-order valence-corrected chi connectivity index (χ0v) is 18.6. The summed E-state index contributed by atoms with van der Waals surface area (Å²) in [6.45, 7) is 0.398. The van der Waals surface area contributed by atoms with Gasteiger partial charge < -0.3 is 5.32 Å². The van der Waals surface area contributed by atoms with Crippen LogP contribution in [0.15, 0.2) is 90.0 Å². The predicted molar refractivity (Wildman–Crippen MR) is 128 cm³/mol. The minimum absolute atomic E-state index is 0.264. The van der Waals surface area contributed by atoms with Gasteiger partial charge in [-0.2, -0.15) is 5.10 Å². The molecule has 33 heavy (non-hydrogen) atoms. The minimum Gasteiger partial charge on any atom is -0.319 e. The average Bonchev–Trinajstić information content (AvgIpc) is 3.17. The van der Waals surface area contributed by atoms with Gasteiger partial charge in [-0.15, -0.1) is 0 Å². The standard InChI is InChI=1S/C25H20N4O3S/c1-33(31,32)20-12-10-17(11-13-20)16-29-23-9-5-3-7-21(23)24(28-29)25(30)27-19-14-18-6-2-4-8-22(18)26-15-19/h2-15H,16H2,1H3,(H,27,30). The van der Waals surface area contributed by atoms with Crippen LogP contribution in [-0.2, 0) is 16.4 Å². The van der Waals surface area contributed by atoms with Crippen LogP contribution in [0.2, 0.25) is 0 Å². The molecule has 0 unspecified atom stereocenters. The summed E-state index contributed by atoms with van der Waals surface area (Å²) in [6.07, 6.45) is 2.81. The Morgan fingerprint density at radius 3 is 2.48 bits per heavy atom. The van der Waals surface area contributed by atoms with E-state index in [0.717, 1.165) is 27.4 Å². The highest BCUT2D eigenvalue weighted by atomic mass is 32.2. The van der Waals surface area contributed by atoms with Gasteiger partial charge >= 0.3 is 0 Å². The van der Waals surface area contributed by atoms with E-state index in [1.165, 1.54) is 6.26 Å². The summed E-state index contributed by atoms with van der Waals surface area (Å²) in [5, 5.41) is 9.15. The van der Waals surface area contributed by atoms with Gasteiger partial charge in [0.25, 0.3) is 5.91 Å². The van der Waals surface area contributed by atoms with E-state index >= 15 is 0 Å². The molecule has 0 aliphatic heterocycles. The van der Waals surface area contributed by atoms with Crippen molar-refractivity contribution in [3.8, 4) is 0 Å². The number of fused-ring (bicyclic) bond motifs is 2. The number of anilines is 1. The molecule has 2 aromatic heterocycles. The Kier molecular flexibility index (Phi) is 5.14. The predicted octanol–water partition coefficient (Wildman–Crippen LogP) is 4.29. The molecule has 0 radical (unpaired) electrons. The van der Waals surface area contributed by atoms with Gasteiger partial charge in [-0.25, -0.2) is 8.42 Å². The molecule has 5 aromatic rings. The monoisotopic (exact) mass is 456 g/mol. The van der Waals surface area contributed by atoms with Gasteiger partial charge in [-0.1, -0.05) is 48.5 Å². The first kappa shape index (κ1) is 20.8. The van der Waals surface area contributed by atoms with Crippen molar-refractivity contribution in [2.45, 2.75) is 11.4 Å². The molecule has 1 N–H and O–H groups in total.